The van der Waals surface area contributed by atoms with Crippen molar-refractivity contribution in [3.05, 3.63) is 23.3 Å². The van der Waals surface area contributed by atoms with Gasteiger partial charge in [-0.2, -0.15) is 0 Å². The Morgan fingerprint density at radius 3 is 2.39 bits per heavy atom. The molecule has 28 heavy (non-hydrogen) atoms. The smallest absolute Gasteiger partial charge is 0.340 e. The Bertz CT molecular complexity index is 696. The third-order valence-corrected chi connectivity index (χ3v) is 5.90. The van der Waals surface area contributed by atoms with Gasteiger partial charge in [-0.15, -0.1) is 0 Å². The van der Waals surface area contributed by atoms with Crippen molar-refractivity contribution in [1.82, 2.24) is 0 Å². The third kappa shape index (κ3) is 4.66. The molecule has 0 aliphatic carbocycles. The van der Waals surface area contributed by atoms with Gasteiger partial charge in [-0.25, -0.2) is 4.79 Å². The Labute approximate surface area is 168 Å². The Kier molecular flexibility index (Phi) is 7.87. The number of ether oxygens (including phenoxy) is 2. The molecular weight excluding hydrogens is 356 g/mol. The van der Waals surface area contributed by atoms with Crippen LogP contribution in [0.5, 0.6) is 5.75 Å². The monoisotopic (exact) mass is 391 g/mol. The molecule has 1 aliphatic heterocycles. The summed E-state index contributed by atoms with van der Waals surface area (Å²) in [4.78, 5) is 25.9. The van der Waals surface area contributed by atoms with Crippen molar-refractivity contribution in [2.24, 2.45) is 0 Å². The van der Waals surface area contributed by atoms with Gasteiger partial charge in [0.05, 0.1) is 44.6 Å². The maximum Gasteiger partial charge on any atom is 0.340 e. The van der Waals surface area contributed by atoms with Crippen LogP contribution in [0.3, 0.4) is 0 Å². The largest absolute Gasteiger partial charge is 0.497 e. The van der Waals surface area contributed by atoms with Crippen LogP contribution in [0.4, 0.5) is 5.69 Å². The summed E-state index contributed by atoms with van der Waals surface area (Å²) >= 11 is 0. The molecule has 0 radical (unpaired) electrons. The first kappa shape index (κ1) is 22.2. The first-order chi connectivity index (χ1) is 13.4. The molecule has 0 aromatic heterocycles. The molecule has 1 fully saturated rings. The number of likely N-dealkylation sites (N-methyl/N-ethyl adjacent to an activating group) is 1. The van der Waals surface area contributed by atoms with Crippen LogP contribution in [0.25, 0.3) is 0 Å². The number of benzene rings is 1. The number of quaternary nitrogens is 1. The Morgan fingerprint density at radius 2 is 1.86 bits per heavy atom. The Morgan fingerprint density at radius 1 is 1.18 bits per heavy atom. The van der Waals surface area contributed by atoms with E-state index in [1.807, 2.05) is 13.0 Å². The number of methoxy groups -OCH3 is 1. The van der Waals surface area contributed by atoms with Crippen LogP contribution in [0.1, 0.15) is 62.4 Å². The van der Waals surface area contributed by atoms with E-state index in [1.165, 1.54) is 0 Å². The quantitative estimate of drug-likeness (QED) is 0.512. The maximum absolute atomic E-state index is 13.4. The molecule has 1 saturated heterocycles. The third-order valence-electron chi connectivity index (χ3n) is 5.90. The topological polar surface area (TPSA) is 64.6 Å². The second-order valence-electron chi connectivity index (χ2n) is 7.57. The number of hydrogen-bond donors (Lipinski definition) is 1. The standard InChI is InChI=1S/C22H34N2O4/c1-6-11-19(24(7-2)12-9-10-13-24)21(25)23-20-16(4)14-17(27-5)15-18(20)22(26)28-8-3/h14-15,19H,6-13H2,1-5H3/p+1. The molecule has 1 amide bonds. The molecule has 0 saturated carbocycles. The summed E-state index contributed by atoms with van der Waals surface area (Å²) in [5.41, 5.74) is 1.65. The molecule has 1 aromatic carbocycles. The molecule has 6 nitrogen and oxygen atoms in total. The van der Waals surface area contributed by atoms with Gasteiger partial charge in [0.2, 0.25) is 0 Å². The van der Waals surface area contributed by atoms with Gasteiger partial charge < -0.3 is 19.3 Å². The van der Waals surface area contributed by atoms with E-state index in [9.17, 15) is 9.59 Å². The van der Waals surface area contributed by atoms with Crippen LogP contribution in [-0.4, -0.2) is 55.8 Å². The zero-order valence-electron chi connectivity index (χ0n) is 18.0. The number of amides is 1. The first-order valence-electron chi connectivity index (χ1n) is 10.4. The minimum Gasteiger partial charge on any atom is -0.497 e. The molecular formula is C22H35N2O4+. The normalized spacial score (nSPS) is 16.5. The molecule has 1 heterocycles. The highest BCUT2D eigenvalue weighted by Crippen LogP contribution is 2.31. The molecule has 1 aromatic rings. The molecule has 1 atom stereocenters. The van der Waals surface area contributed by atoms with Crippen LogP contribution >= 0.6 is 0 Å². The highest BCUT2D eigenvalue weighted by Gasteiger charge is 2.42. The molecule has 2 rings (SSSR count). The summed E-state index contributed by atoms with van der Waals surface area (Å²) in [7, 11) is 1.56. The number of carbonyl (C=O) groups excluding carboxylic acids is 2. The van der Waals surface area contributed by atoms with Gasteiger partial charge in [-0.3, -0.25) is 4.79 Å². The summed E-state index contributed by atoms with van der Waals surface area (Å²) < 4.78 is 11.3. The zero-order chi connectivity index (χ0) is 20.7. The number of hydrogen-bond acceptors (Lipinski definition) is 4. The fraction of sp³-hybridized carbons (Fsp3) is 0.636. The van der Waals surface area contributed by atoms with Crippen molar-refractivity contribution >= 4 is 17.6 Å². The number of nitrogens with one attached hydrogen (secondary N) is 1. The predicted octanol–water partition coefficient (Wildman–Crippen LogP) is 3.92. The van der Waals surface area contributed by atoms with Crippen molar-refractivity contribution in [3.8, 4) is 5.75 Å². The minimum absolute atomic E-state index is 0.00980. The predicted molar refractivity (Wildman–Crippen MR) is 111 cm³/mol. The number of rotatable bonds is 9. The number of likely N-dealkylation sites (tertiary alicyclic amines) is 1. The van der Waals surface area contributed by atoms with E-state index >= 15 is 0 Å². The van der Waals surface area contributed by atoms with Crippen LogP contribution in [0, 0.1) is 6.92 Å². The van der Waals surface area contributed by atoms with Gasteiger partial charge in [0.25, 0.3) is 5.91 Å². The lowest BCUT2D eigenvalue weighted by molar-refractivity contribution is -0.930. The minimum atomic E-state index is -0.451. The van der Waals surface area contributed by atoms with Crippen LogP contribution in [-0.2, 0) is 9.53 Å². The summed E-state index contributed by atoms with van der Waals surface area (Å²) in [5.74, 6) is 0.108. The van der Waals surface area contributed by atoms with E-state index in [1.54, 1.807) is 20.1 Å². The maximum atomic E-state index is 13.4. The van der Waals surface area contributed by atoms with E-state index in [0.29, 0.717) is 17.0 Å². The SMILES string of the molecule is CCCC(C(=O)Nc1c(C)cc(OC)cc1C(=O)OCC)[N+]1(CC)CCCC1. The molecule has 1 N–H and O–H groups in total. The second kappa shape index (κ2) is 9.92. The molecule has 1 unspecified atom stereocenters. The van der Waals surface area contributed by atoms with Crippen LogP contribution in [0.2, 0.25) is 0 Å². The number of carbonyl (C=O) groups is 2. The molecule has 1 aliphatic rings. The average molecular weight is 392 g/mol. The molecule has 6 heteroatoms. The molecule has 156 valence electrons. The van der Waals surface area contributed by atoms with Gasteiger partial charge in [0, 0.05) is 19.3 Å². The highest BCUT2D eigenvalue weighted by molar-refractivity contribution is 6.03. The van der Waals surface area contributed by atoms with Crippen molar-refractivity contribution in [1.29, 1.82) is 0 Å². The summed E-state index contributed by atoms with van der Waals surface area (Å²) in [6, 6.07) is 3.36. The fourth-order valence-corrected chi connectivity index (χ4v) is 4.35. The number of esters is 1. The number of aryl methyl sites for hydroxylation is 1. The van der Waals surface area contributed by atoms with E-state index < -0.39 is 5.97 Å². The highest BCUT2D eigenvalue weighted by atomic mass is 16.5. The van der Waals surface area contributed by atoms with Crippen molar-refractivity contribution in [2.75, 3.05) is 38.7 Å². The van der Waals surface area contributed by atoms with Crippen LogP contribution in [0.15, 0.2) is 12.1 Å². The van der Waals surface area contributed by atoms with E-state index in [-0.39, 0.29) is 18.6 Å². The van der Waals surface area contributed by atoms with Crippen molar-refractivity contribution < 1.29 is 23.5 Å². The van der Waals surface area contributed by atoms with E-state index in [4.69, 9.17) is 9.47 Å². The number of anilines is 1. The number of nitrogens with zero attached hydrogens (tertiary/aromatic N) is 1. The zero-order valence-corrected chi connectivity index (χ0v) is 18.0. The van der Waals surface area contributed by atoms with Gasteiger partial charge in [0.1, 0.15) is 5.75 Å². The van der Waals surface area contributed by atoms with Crippen molar-refractivity contribution in [3.63, 3.8) is 0 Å². The average Bonchev–Trinajstić information content (AvgIpc) is 3.17. The summed E-state index contributed by atoms with van der Waals surface area (Å²) in [6.07, 6.45) is 4.11. The lowest BCUT2D eigenvalue weighted by atomic mass is 10.0. The van der Waals surface area contributed by atoms with Gasteiger partial charge in [-0.05, 0) is 44.9 Å². The van der Waals surface area contributed by atoms with E-state index in [0.717, 1.165) is 55.4 Å². The van der Waals surface area contributed by atoms with Gasteiger partial charge in [0.15, 0.2) is 6.04 Å². The molecule has 0 bridgehead atoms. The van der Waals surface area contributed by atoms with Gasteiger partial charge in [-0.1, -0.05) is 6.92 Å². The summed E-state index contributed by atoms with van der Waals surface area (Å²) in [5, 5.41) is 3.08. The Hall–Kier alpha value is -2.08. The Balaban J connectivity index is 2.38. The van der Waals surface area contributed by atoms with Crippen LogP contribution < -0.4 is 10.1 Å². The van der Waals surface area contributed by atoms with Gasteiger partial charge >= 0.3 is 5.97 Å². The first-order valence-corrected chi connectivity index (χ1v) is 10.4. The van der Waals surface area contributed by atoms with E-state index in [2.05, 4.69) is 19.2 Å². The van der Waals surface area contributed by atoms with Crippen molar-refractivity contribution in [2.45, 2.75) is 59.4 Å². The lowest BCUT2D eigenvalue weighted by Crippen LogP contribution is -2.58. The fourth-order valence-electron chi connectivity index (χ4n) is 4.35. The lowest BCUT2D eigenvalue weighted by Gasteiger charge is -2.40. The molecule has 0 spiro atoms. The summed E-state index contributed by atoms with van der Waals surface area (Å²) in [6.45, 7) is 11.2. The second-order valence-corrected chi connectivity index (χ2v) is 7.57.